The zero-order valence-electron chi connectivity index (χ0n) is 30.1. The number of rotatable bonds is 9. The number of amides is 2. The highest BCUT2D eigenvalue weighted by molar-refractivity contribution is 6.04. The van der Waals surface area contributed by atoms with E-state index in [0.717, 1.165) is 45.1 Å². The number of carbonyl (C=O) groups excluding carboxylic acids is 1. The van der Waals surface area contributed by atoms with Gasteiger partial charge in [0.25, 0.3) is 0 Å². The van der Waals surface area contributed by atoms with Crippen LogP contribution < -0.4 is 19.7 Å². The number of nitrogens with one attached hydrogen (secondary N) is 1. The summed E-state index contributed by atoms with van der Waals surface area (Å²) in [7, 11) is 1.41. The number of piperidine rings is 1. The maximum atomic E-state index is 17.3. The number of phenols is 1. The molecule has 2 aromatic heterocycles. The lowest BCUT2D eigenvalue weighted by atomic mass is 9.95. The first kappa shape index (κ1) is 34.7. The number of halogens is 3. The third-order valence-corrected chi connectivity index (χ3v) is 11.8. The molecule has 3 aliphatic heterocycles. The van der Waals surface area contributed by atoms with Gasteiger partial charge in [-0.1, -0.05) is 12.0 Å². The Hall–Kier alpha value is -5.03. The molecular formula is C40H42F3N7O4. The van der Waals surface area contributed by atoms with Crippen LogP contribution in [0.25, 0.3) is 32.9 Å². The van der Waals surface area contributed by atoms with E-state index in [2.05, 4.69) is 26.1 Å². The molecule has 4 aromatic rings. The number of pyridine rings is 1. The lowest BCUT2D eigenvalue weighted by molar-refractivity contribution is 0.107. The van der Waals surface area contributed by atoms with Crippen LogP contribution in [0.15, 0.2) is 24.3 Å². The smallest absolute Gasteiger partial charge is 0.319 e. The Morgan fingerprint density at radius 3 is 2.44 bits per heavy atom. The lowest BCUT2D eigenvalue weighted by Crippen LogP contribution is -2.58. The molecule has 14 heteroatoms. The number of anilines is 1. The molecule has 0 spiro atoms. The van der Waals surface area contributed by atoms with Crippen molar-refractivity contribution in [2.45, 2.75) is 75.7 Å². The molecule has 9 rings (SSSR count). The van der Waals surface area contributed by atoms with E-state index in [1.54, 1.807) is 0 Å². The number of hydrogen-bond acceptors (Lipinski definition) is 9. The summed E-state index contributed by atoms with van der Waals surface area (Å²) in [6, 6.07) is 5.37. The number of hydrogen-bond donors (Lipinski definition) is 2. The van der Waals surface area contributed by atoms with Crippen LogP contribution in [0.1, 0.15) is 56.9 Å². The van der Waals surface area contributed by atoms with E-state index in [9.17, 15) is 14.3 Å². The van der Waals surface area contributed by atoms with Crippen LogP contribution in [0, 0.1) is 29.4 Å². The number of aromatic hydroxyl groups is 1. The van der Waals surface area contributed by atoms with Gasteiger partial charge in [0.15, 0.2) is 5.82 Å². The van der Waals surface area contributed by atoms with Gasteiger partial charge < -0.3 is 34.6 Å². The third kappa shape index (κ3) is 6.26. The molecule has 54 heavy (non-hydrogen) atoms. The standard InChI is InChI=1S/C40H42F3N7O4/c1-3-28-30(42)9-4-22-16-27(51)17-29(31(22)28)34-33(43)35-32(37(45-34)53-2)36(49-18-25-7-8-26(19-49)50(25)39(52)44-24-5-6-24)47-38(46-35)54-21-40(12-13-40)20-48-14-10-23(41)11-15-48/h1,4,9,16-17,23-26,51H,5-8,10-15,18-21H2,2H3,(H,44,52). The number of aromatic nitrogens is 3. The van der Waals surface area contributed by atoms with E-state index < -0.39 is 17.8 Å². The van der Waals surface area contributed by atoms with Crippen molar-refractivity contribution in [1.82, 2.24) is 30.1 Å². The Balaban J connectivity index is 1.14. The molecule has 2 aromatic carbocycles. The highest BCUT2D eigenvalue weighted by Gasteiger charge is 2.47. The maximum Gasteiger partial charge on any atom is 0.319 e. The predicted octanol–water partition coefficient (Wildman–Crippen LogP) is 5.94. The SMILES string of the molecule is C#Cc1c(F)ccc2cc(O)cc(-c3nc(OC)c4c(N5CC6CCC(C5)N6C(=O)NC5CC5)nc(OCC5(CN6CCC(F)CC6)CC5)nc4c3F)c12. The monoisotopic (exact) mass is 741 g/mol. The van der Waals surface area contributed by atoms with Crippen LogP contribution >= 0.6 is 0 Å². The zero-order valence-corrected chi connectivity index (χ0v) is 30.1. The summed E-state index contributed by atoms with van der Waals surface area (Å²) in [4.78, 5) is 33.7. The summed E-state index contributed by atoms with van der Waals surface area (Å²) >= 11 is 0. The van der Waals surface area contributed by atoms with Gasteiger partial charge in [-0.15, -0.1) is 6.42 Å². The molecule has 5 fully saturated rings. The second-order valence-corrected chi connectivity index (χ2v) is 15.7. The largest absolute Gasteiger partial charge is 0.508 e. The Kier molecular flexibility index (Phi) is 8.60. The third-order valence-electron chi connectivity index (χ3n) is 11.8. The molecule has 2 saturated carbocycles. The highest BCUT2D eigenvalue weighted by Crippen LogP contribution is 2.48. The summed E-state index contributed by atoms with van der Waals surface area (Å²) in [5.74, 6) is 1.06. The van der Waals surface area contributed by atoms with Gasteiger partial charge in [0.1, 0.15) is 40.2 Å². The molecule has 282 valence electrons. The Morgan fingerprint density at radius 1 is 1.04 bits per heavy atom. The number of terminal acetylenes is 1. The molecular weight excluding hydrogens is 699 g/mol. The number of alkyl halides is 1. The van der Waals surface area contributed by atoms with Crippen molar-refractivity contribution in [3.05, 3.63) is 41.5 Å². The summed E-state index contributed by atoms with van der Waals surface area (Å²) in [5.41, 5.74) is -0.533. The summed E-state index contributed by atoms with van der Waals surface area (Å²) in [5, 5.41) is 14.7. The van der Waals surface area contributed by atoms with Crippen molar-refractivity contribution in [2.24, 2.45) is 5.41 Å². The molecule has 2 bridgehead atoms. The van der Waals surface area contributed by atoms with E-state index >= 15 is 8.78 Å². The number of urea groups is 1. The Bertz CT molecular complexity index is 2180. The second-order valence-electron chi connectivity index (χ2n) is 15.7. The van der Waals surface area contributed by atoms with E-state index in [-0.39, 0.29) is 80.3 Å². The van der Waals surface area contributed by atoms with Crippen molar-refractivity contribution < 1.29 is 32.5 Å². The molecule has 3 saturated heterocycles. The fraction of sp³-hybridized carbons (Fsp3) is 0.500. The van der Waals surface area contributed by atoms with Gasteiger partial charge in [-0.2, -0.15) is 9.97 Å². The lowest BCUT2D eigenvalue weighted by Gasteiger charge is -2.41. The van der Waals surface area contributed by atoms with E-state index in [1.807, 2.05) is 9.80 Å². The highest BCUT2D eigenvalue weighted by atomic mass is 19.1. The topological polar surface area (TPSA) is 116 Å². The second kappa shape index (κ2) is 13.4. The quantitative estimate of drug-likeness (QED) is 0.201. The number of nitrogens with zero attached hydrogens (tertiary/aromatic N) is 6. The van der Waals surface area contributed by atoms with Crippen molar-refractivity contribution in [3.63, 3.8) is 0 Å². The van der Waals surface area contributed by atoms with E-state index in [1.165, 1.54) is 31.4 Å². The Morgan fingerprint density at radius 2 is 1.78 bits per heavy atom. The van der Waals surface area contributed by atoms with Crippen LogP contribution in [-0.4, -0.2) is 107 Å². The summed E-state index contributed by atoms with van der Waals surface area (Å²) < 4.78 is 58.4. The van der Waals surface area contributed by atoms with Crippen LogP contribution in [0.5, 0.6) is 17.6 Å². The van der Waals surface area contributed by atoms with Crippen molar-refractivity contribution in [1.29, 1.82) is 0 Å². The van der Waals surface area contributed by atoms with Gasteiger partial charge in [0, 0.05) is 55.1 Å². The minimum Gasteiger partial charge on any atom is -0.508 e. The minimum atomic E-state index is -0.848. The maximum absolute atomic E-state index is 17.3. The zero-order chi connectivity index (χ0) is 37.3. The first-order valence-electron chi connectivity index (χ1n) is 18.8. The molecule has 0 radical (unpaired) electrons. The number of piperazine rings is 1. The molecule has 5 heterocycles. The van der Waals surface area contributed by atoms with Crippen molar-refractivity contribution in [2.75, 3.05) is 51.3 Å². The van der Waals surface area contributed by atoms with E-state index in [4.69, 9.17) is 20.9 Å². The average Bonchev–Trinajstić information content (AvgIpc) is 4.11. The van der Waals surface area contributed by atoms with Crippen LogP contribution in [0.2, 0.25) is 0 Å². The molecule has 2 atom stereocenters. The minimum absolute atomic E-state index is 0.0225. The normalized spacial score (nSPS) is 22.4. The number of likely N-dealkylation sites (tertiary alicyclic amines) is 1. The van der Waals surface area contributed by atoms with Crippen LogP contribution in [-0.2, 0) is 0 Å². The van der Waals surface area contributed by atoms with Gasteiger partial charge in [-0.05, 0) is 75.0 Å². The molecule has 11 nitrogen and oxygen atoms in total. The number of carbonyl (C=O) groups is 1. The summed E-state index contributed by atoms with van der Waals surface area (Å²) in [6.07, 6.45) is 11.5. The molecule has 2 unspecified atom stereocenters. The van der Waals surface area contributed by atoms with Gasteiger partial charge in [-0.25, -0.2) is 22.9 Å². The number of methoxy groups -OCH3 is 1. The van der Waals surface area contributed by atoms with Crippen LogP contribution in [0.3, 0.4) is 0 Å². The fourth-order valence-electron chi connectivity index (χ4n) is 8.64. The number of benzene rings is 2. The Labute approximate surface area is 310 Å². The predicted molar refractivity (Wildman–Crippen MR) is 196 cm³/mol. The van der Waals surface area contributed by atoms with Crippen molar-refractivity contribution >= 4 is 33.5 Å². The molecule has 2 aliphatic carbocycles. The molecule has 2 N–H and O–H groups in total. The van der Waals surface area contributed by atoms with E-state index in [0.29, 0.717) is 56.8 Å². The summed E-state index contributed by atoms with van der Waals surface area (Å²) in [6.45, 7) is 3.35. The number of phenolic OH excluding ortho intramolecular Hbond substituents is 1. The fourth-order valence-corrected chi connectivity index (χ4v) is 8.64. The van der Waals surface area contributed by atoms with Gasteiger partial charge in [-0.3, -0.25) is 0 Å². The first-order valence-corrected chi connectivity index (χ1v) is 18.8. The molecule has 2 amide bonds. The van der Waals surface area contributed by atoms with Gasteiger partial charge in [0.05, 0.1) is 31.4 Å². The number of fused-ring (bicyclic) bond motifs is 4. The van der Waals surface area contributed by atoms with Gasteiger partial charge in [0.2, 0.25) is 5.88 Å². The van der Waals surface area contributed by atoms with Crippen molar-refractivity contribution in [3.8, 4) is 41.2 Å². The van der Waals surface area contributed by atoms with Crippen LogP contribution in [0.4, 0.5) is 23.8 Å². The number of ether oxygens (including phenoxy) is 2. The average molecular weight is 742 g/mol. The first-order chi connectivity index (χ1) is 26.1. The molecule has 5 aliphatic rings. The van der Waals surface area contributed by atoms with Gasteiger partial charge >= 0.3 is 12.0 Å².